The lowest BCUT2D eigenvalue weighted by Gasteiger charge is -2.46. The smallest absolute Gasteiger partial charge is 0.335 e. The minimum Gasteiger partial charge on any atom is -0.478 e. The molecule has 0 radical (unpaired) electrons. The Morgan fingerprint density at radius 3 is 2.12 bits per heavy atom. The molecule has 5 nitrogen and oxygen atoms in total. The molecule has 180 valence electrons. The predicted octanol–water partition coefficient (Wildman–Crippen LogP) is 5.38. The van der Waals surface area contributed by atoms with Gasteiger partial charge in [0.2, 0.25) is 0 Å². The number of carboxylic acid groups (broad SMARTS) is 1. The highest BCUT2D eigenvalue weighted by atomic mass is 16.4. The Kier molecular flexibility index (Phi) is 6.43. The van der Waals surface area contributed by atoms with Crippen LogP contribution >= 0.6 is 0 Å². The van der Waals surface area contributed by atoms with Gasteiger partial charge in [-0.2, -0.15) is 0 Å². The van der Waals surface area contributed by atoms with Crippen LogP contribution in [0.2, 0.25) is 0 Å². The average molecular weight is 461 g/mol. The second-order valence-electron chi connectivity index (χ2n) is 11.1. The summed E-state index contributed by atoms with van der Waals surface area (Å²) >= 11 is 0. The molecule has 0 atom stereocenters. The maximum Gasteiger partial charge on any atom is 0.335 e. The molecule has 2 aliphatic rings. The number of carbonyl (C=O) groups is 2. The van der Waals surface area contributed by atoms with Gasteiger partial charge in [0.25, 0.3) is 0 Å². The number of aromatic carboxylic acids is 1. The highest BCUT2D eigenvalue weighted by Gasteiger charge is 2.40. The highest BCUT2D eigenvalue weighted by molar-refractivity contribution is 6.07. The molecule has 1 saturated heterocycles. The van der Waals surface area contributed by atoms with E-state index in [1.54, 1.807) is 36.4 Å². The molecular formula is C29H36N2O3. The Morgan fingerprint density at radius 1 is 0.882 bits per heavy atom. The minimum absolute atomic E-state index is 0.0127. The fraction of sp³-hybridized carbons (Fsp3) is 0.448. The lowest BCUT2D eigenvalue weighted by molar-refractivity contribution is 0.0696. The predicted molar refractivity (Wildman–Crippen MR) is 138 cm³/mol. The number of likely N-dealkylation sites (N-methyl/N-ethyl adjacent to an activating group) is 1. The number of nitrogens with zero attached hydrogens (tertiary/aromatic N) is 2. The Morgan fingerprint density at radius 2 is 1.50 bits per heavy atom. The molecular weight excluding hydrogens is 424 g/mol. The number of ketones is 1. The van der Waals surface area contributed by atoms with Crippen molar-refractivity contribution in [2.45, 2.75) is 51.4 Å². The maximum atomic E-state index is 13.3. The van der Waals surface area contributed by atoms with Crippen molar-refractivity contribution in [3.05, 3.63) is 70.3 Å². The first-order valence-electron chi connectivity index (χ1n) is 12.2. The Labute approximate surface area is 203 Å². The first-order chi connectivity index (χ1) is 16.0. The molecule has 34 heavy (non-hydrogen) atoms. The molecule has 1 N–H and O–H groups in total. The summed E-state index contributed by atoms with van der Waals surface area (Å²) in [5.74, 6) is -0.984. The Hall–Kier alpha value is -2.92. The summed E-state index contributed by atoms with van der Waals surface area (Å²) in [4.78, 5) is 29.2. The number of piperazine rings is 1. The largest absolute Gasteiger partial charge is 0.478 e. The van der Waals surface area contributed by atoms with Gasteiger partial charge in [0.15, 0.2) is 5.78 Å². The lowest BCUT2D eigenvalue weighted by atomic mass is 9.62. The lowest BCUT2D eigenvalue weighted by Crippen LogP contribution is -2.46. The van der Waals surface area contributed by atoms with E-state index in [4.69, 9.17) is 5.11 Å². The molecule has 0 amide bonds. The number of carboxylic acids is 1. The molecule has 1 fully saturated rings. The van der Waals surface area contributed by atoms with E-state index in [1.165, 1.54) is 16.8 Å². The van der Waals surface area contributed by atoms with Gasteiger partial charge >= 0.3 is 5.97 Å². The molecule has 1 aliphatic carbocycles. The van der Waals surface area contributed by atoms with Crippen LogP contribution in [0.4, 0.5) is 5.69 Å². The first-order valence-corrected chi connectivity index (χ1v) is 12.2. The fourth-order valence-electron chi connectivity index (χ4n) is 5.20. The second kappa shape index (κ2) is 9.03. The van der Waals surface area contributed by atoms with E-state index in [0.717, 1.165) is 50.1 Å². The number of rotatable bonds is 5. The van der Waals surface area contributed by atoms with E-state index >= 15 is 0 Å². The minimum atomic E-state index is -0.956. The van der Waals surface area contributed by atoms with Gasteiger partial charge in [0, 0.05) is 37.4 Å². The molecule has 0 bridgehead atoms. The van der Waals surface area contributed by atoms with Gasteiger partial charge in [-0.25, -0.2) is 4.79 Å². The van der Waals surface area contributed by atoms with E-state index in [2.05, 4.69) is 56.7 Å². The third-order valence-electron chi connectivity index (χ3n) is 7.61. The number of carbonyl (C=O) groups excluding carboxylic acids is 1. The van der Waals surface area contributed by atoms with Crippen molar-refractivity contribution >= 4 is 23.5 Å². The Balaban J connectivity index is 1.73. The summed E-state index contributed by atoms with van der Waals surface area (Å²) < 4.78 is 0. The van der Waals surface area contributed by atoms with E-state index in [9.17, 15) is 9.59 Å². The van der Waals surface area contributed by atoms with Crippen molar-refractivity contribution in [1.29, 1.82) is 0 Å². The Bertz CT molecular complexity index is 1120. The molecule has 5 heteroatoms. The molecule has 0 aromatic heterocycles. The summed E-state index contributed by atoms with van der Waals surface area (Å²) in [6.07, 6.45) is 5.59. The van der Waals surface area contributed by atoms with Gasteiger partial charge in [0.1, 0.15) is 0 Å². The highest BCUT2D eigenvalue weighted by Crippen LogP contribution is 2.50. The molecule has 2 aromatic rings. The summed E-state index contributed by atoms with van der Waals surface area (Å²) in [6, 6.07) is 10.8. The summed E-state index contributed by atoms with van der Waals surface area (Å²) in [5.41, 5.74) is 5.74. The van der Waals surface area contributed by atoms with Crippen molar-refractivity contribution in [3.63, 3.8) is 0 Å². The number of anilines is 1. The zero-order chi connectivity index (χ0) is 24.7. The van der Waals surface area contributed by atoms with Crippen LogP contribution in [0, 0.1) is 0 Å². The zero-order valence-electron chi connectivity index (χ0n) is 21.0. The molecule has 0 spiro atoms. The van der Waals surface area contributed by atoms with Crippen LogP contribution in [-0.4, -0.2) is 55.0 Å². The van der Waals surface area contributed by atoms with Crippen LogP contribution in [0.25, 0.3) is 6.08 Å². The number of allylic oxidation sites excluding steroid dienone is 1. The summed E-state index contributed by atoms with van der Waals surface area (Å²) in [7, 11) is 2.16. The second-order valence-corrected chi connectivity index (χ2v) is 11.1. The van der Waals surface area contributed by atoms with Crippen LogP contribution in [0.1, 0.15) is 77.9 Å². The van der Waals surface area contributed by atoms with Crippen molar-refractivity contribution in [1.82, 2.24) is 4.90 Å². The van der Waals surface area contributed by atoms with Crippen LogP contribution in [0.15, 0.2) is 42.5 Å². The van der Waals surface area contributed by atoms with Crippen molar-refractivity contribution in [2.24, 2.45) is 0 Å². The molecule has 1 aliphatic heterocycles. The maximum absolute atomic E-state index is 13.3. The van der Waals surface area contributed by atoms with Crippen molar-refractivity contribution in [3.8, 4) is 0 Å². The van der Waals surface area contributed by atoms with Crippen LogP contribution < -0.4 is 4.90 Å². The van der Waals surface area contributed by atoms with E-state index in [-0.39, 0.29) is 22.2 Å². The number of hydrogen-bond acceptors (Lipinski definition) is 4. The topological polar surface area (TPSA) is 60.9 Å². The van der Waals surface area contributed by atoms with Gasteiger partial charge in [-0.3, -0.25) is 4.79 Å². The van der Waals surface area contributed by atoms with Crippen LogP contribution in [0.5, 0.6) is 0 Å². The summed E-state index contributed by atoms with van der Waals surface area (Å²) in [6.45, 7) is 13.2. The molecule has 1 heterocycles. The summed E-state index contributed by atoms with van der Waals surface area (Å²) in [5, 5.41) is 9.09. The van der Waals surface area contributed by atoms with Gasteiger partial charge in [-0.05, 0) is 77.8 Å². The number of fused-ring (bicyclic) bond motifs is 1. The van der Waals surface area contributed by atoms with Crippen molar-refractivity contribution < 1.29 is 14.7 Å². The third-order valence-corrected chi connectivity index (χ3v) is 7.61. The quantitative estimate of drug-likeness (QED) is 0.479. The number of hydrogen-bond donors (Lipinski definition) is 1. The third kappa shape index (κ3) is 4.80. The van der Waals surface area contributed by atoms with Gasteiger partial charge in [-0.15, -0.1) is 0 Å². The zero-order valence-corrected chi connectivity index (χ0v) is 21.0. The SMILES string of the molecule is CN1CCN(c2cc(C(=O)/C=C/c3ccc(C(=O)O)cc3)cc3c2C(C)(C)CCC3(C)C)CC1. The standard InChI is InChI=1S/C29H36N2O3/c1-28(2)12-13-29(3,4)26-23(28)18-22(19-24(26)31-16-14-30(5)15-17-31)25(32)11-8-20-6-9-21(10-7-20)27(33)34/h6-11,18-19H,12-17H2,1-5H3,(H,33,34)/b11-8+. The van der Waals surface area contributed by atoms with Crippen LogP contribution in [0.3, 0.4) is 0 Å². The average Bonchev–Trinajstić information content (AvgIpc) is 2.80. The van der Waals surface area contributed by atoms with Gasteiger partial charge < -0.3 is 14.9 Å². The molecule has 0 saturated carbocycles. The fourth-order valence-corrected chi connectivity index (χ4v) is 5.20. The van der Waals surface area contributed by atoms with E-state index in [0.29, 0.717) is 0 Å². The first kappa shape index (κ1) is 24.2. The van der Waals surface area contributed by atoms with Gasteiger partial charge in [0.05, 0.1) is 5.56 Å². The van der Waals surface area contributed by atoms with E-state index < -0.39 is 5.97 Å². The van der Waals surface area contributed by atoms with Crippen molar-refractivity contribution in [2.75, 3.05) is 38.1 Å². The van der Waals surface area contributed by atoms with E-state index in [1.807, 2.05) is 0 Å². The number of benzene rings is 2. The monoisotopic (exact) mass is 460 g/mol. The molecule has 0 unspecified atom stereocenters. The molecule has 2 aromatic carbocycles. The van der Waals surface area contributed by atoms with Crippen LogP contribution in [-0.2, 0) is 10.8 Å². The normalized spacial score (nSPS) is 19.7. The van der Waals surface area contributed by atoms with Gasteiger partial charge in [-0.1, -0.05) is 45.9 Å². The molecule has 4 rings (SSSR count).